The van der Waals surface area contributed by atoms with Crippen molar-refractivity contribution in [3.8, 4) is 0 Å². The standard InChI is InChI=1S/C3H7NO3.Na.H/c4-2(1-5)3(6)7;;/h2,5H,1,4H2,(H,6,7);;/t2-;;/m0../s1. The maximum atomic E-state index is 9.65. The van der Waals surface area contributed by atoms with Gasteiger partial charge in [0.05, 0.1) is 6.61 Å². The van der Waals surface area contributed by atoms with Crippen molar-refractivity contribution in [2.75, 3.05) is 6.61 Å². The summed E-state index contributed by atoms with van der Waals surface area (Å²) in [6.45, 7) is -0.505. The molecule has 0 aromatic heterocycles. The van der Waals surface area contributed by atoms with Crippen LogP contribution in [0.5, 0.6) is 0 Å². The third-order valence-electron chi connectivity index (χ3n) is 0.514. The molecule has 0 saturated heterocycles. The Kier molecular flexibility index (Phi) is 7.75. The van der Waals surface area contributed by atoms with Crippen LogP contribution in [0.15, 0.2) is 0 Å². The molecule has 4 nitrogen and oxygen atoms in total. The van der Waals surface area contributed by atoms with Crippen LogP contribution in [0.25, 0.3) is 0 Å². The Morgan fingerprint density at radius 2 is 2.12 bits per heavy atom. The second kappa shape index (κ2) is 5.53. The van der Waals surface area contributed by atoms with Crippen LogP contribution < -0.4 is 5.73 Å². The molecule has 0 heterocycles. The number of carboxylic acids is 1. The van der Waals surface area contributed by atoms with Gasteiger partial charge in [-0.15, -0.1) is 0 Å². The number of carboxylic acid groups (broad SMARTS) is 1. The molecule has 0 aliphatic carbocycles. The van der Waals surface area contributed by atoms with Crippen LogP contribution in [0.1, 0.15) is 0 Å². The maximum absolute atomic E-state index is 9.65. The van der Waals surface area contributed by atoms with Gasteiger partial charge in [0.2, 0.25) is 0 Å². The quantitative estimate of drug-likeness (QED) is 0.367. The van der Waals surface area contributed by atoms with E-state index in [9.17, 15) is 4.79 Å². The normalized spacial score (nSPS) is 11.8. The van der Waals surface area contributed by atoms with Crippen molar-refractivity contribution in [2.24, 2.45) is 5.73 Å². The first-order valence-electron chi connectivity index (χ1n) is 1.77. The van der Waals surface area contributed by atoms with Crippen LogP contribution in [-0.2, 0) is 4.79 Å². The molecule has 0 rings (SSSR count). The van der Waals surface area contributed by atoms with Crippen molar-refractivity contribution in [1.82, 2.24) is 0 Å². The van der Waals surface area contributed by atoms with E-state index in [1.807, 2.05) is 0 Å². The average Bonchev–Trinajstić information content (AvgIpc) is 1.65. The number of hydrogen-bond acceptors (Lipinski definition) is 3. The number of hydrogen-bond donors (Lipinski definition) is 3. The third kappa shape index (κ3) is 4.55. The minimum atomic E-state index is -1.18. The van der Waals surface area contributed by atoms with Gasteiger partial charge in [-0.1, -0.05) is 0 Å². The summed E-state index contributed by atoms with van der Waals surface area (Å²) in [5.74, 6) is -1.18. The summed E-state index contributed by atoms with van der Waals surface area (Å²) in [5.41, 5.74) is 4.77. The Morgan fingerprint density at radius 1 is 1.75 bits per heavy atom. The molecule has 0 bridgehead atoms. The van der Waals surface area contributed by atoms with Gasteiger partial charge in [0, 0.05) is 0 Å². The van der Waals surface area contributed by atoms with E-state index in [1.54, 1.807) is 0 Å². The monoisotopic (exact) mass is 129 g/mol. The summed E-state index contributed by atoms with van der Waals surface area (Å²) < 4.78 is 0. The molecule has 44 valence electrons. The van der Waals surface area contributed by atoms with E-state index in [0.29, 0.717) is 0 Å². The Labute approximate surface area is 69.0 Å². The topological polar surface area (TPSA) is 83.5 Å². The molecule has 0 unspecified atom stereocenters. The van der Waals surface area contributed by atoms with E-state index in [-0.39, 0.29) is 29.6 Å². The van der Waals surface area contributed by atoms with Crippen molar-refractivity contribution in [3.05, 3.63) is 0 Å². The summed E-state index contributed by atoms with van der Waals surface area (Å²) in [6.07, 6.45) is 0. The molecule has 0 amide bonds. The molecular formula is C3H8NNaO3. The molecular weight excluding hydrogens is 121 g/mol. The van der Waals surface area contributed by atoms with Crippen molar-refractivity contribution in [1.29, 1.82) is 0 Å². The zero-order chi connectivity index (χ0) is 5.86. The zero-order valence-corrected chi connectivity index (χ0v) is 3.66. The number of rotatable bonds is 2. The van der Waals surface area contributed by atoms with Crippen LogP contribution in [0.2, 0.25) is 0 Å². The van der Waals surface area contributed by atoms with E-state index >= 15 is 0 Å². The molecule has 0 aliphatic rings. The SMILES string of the molecule is N[C@@H](CO)C(=O)O.[NaH]. The molecule has 0 fully saturated rings. The molecule has 0 aromatic carbocycles. The van der Waals surface area contributed by atoms with E-state index in [4.69, 9.17) is 15.9 Å². The van der Waals surface area contributed by atoms with Gasteiger partial charge in [-0.2, -0.15) is 0 Å². The first kappa shape index (κ1) is 11.2. The van der Waals surface area contributed by atoms with Crippen LogP contribution >= 0.6 is 0 Å². The Balaban J connectivity index is 0. The average molecular weight is 129 g/mol. The molecule has 0 aliphatic heterocycles. The van der Waals surface area contributed by atoms with E-state index in [2.05, 4.69) is 0 Å². The molecule has 5 heteroatoms. The zero-order valence-electron chi connectivity index (χ0n) is 3.66. The Morgan fingerprint density at radius 3 is 2.12 bits per heavy atom. The number of aliphatic carboxylic acids is 1. The van der Waals surface area contributed by atoms with Gasteiger partial charge in [-0.25, -0.2) is 0 Å². The molecule has 0 aromatic rings. The van der Waals surface area contributed by atoms with Crippen LogP contribution in [0.3, 0.4) is 0 Å². The second-order valence-corrected chi connectivity index (χ2v) is 1.13. The molecule has 0 saturated carbocycles. The first-order chi connectivity index (χ1) is 3.18. The van der Waals surface area contributed by atoms with Crippen molar-refractivity contribution in [3.63, 3.8) is 0 Å². The summed E-state index contributed by atoms with van der Waals surface area (Å²) in [7, 11) is 0. The van der Waals surface area contributed by atoms with Crippen LogP contribution in [-0.4, -0.2) is 58.4 Å². The molecule has 1 atom stereocenters. The number of aliphatic hydroxyl groups is 1. The summed E-state index contributed by atoms with van der Waals surface area (Å²) in [6, 6.07) is -1.13. The number of aliphatic hydroxyl groups excluding tert-OH is 1. The van der Waals surface area contributed by atoms with Gasteiger partial charge in [-0.3, -0.25) is 4.79 Å². The third-order valence-corrected chi connectivity index (χ3v) is 0.514. The molecule has 0 spiro atoms. The predicted octanol–water partition coefficient (Wildman–Crippen LogP) is -2.26. The summed E-state index contributed by atoms with van der Waals surface area (Å²) >= 11 is 0. The van der Waals surface area contributed by atoms with Gasteiger partial charge in [0.1, 0.15) is 6.04 Å². The first-order valence-corrected chi connectivity index (χ1v) is 1.77. The van der Waals surface area contributed by atoms with Crippen molar-refractivity contribution >= 4 is 35.5 Å². The fourth-order valence-electron chi connectivity index (χ4n) is 0.0781. The van der Waals surface area contributed by atoms with Crippen molar-refractivity contribution < 1.29 is 15.0 Å². The van der Waals surface area contributed by atoms with Gasteiger partial charge in [-0.05, 0) is 0 Å². The van der Waals surface area contributed by atoms with Crippen molar-refractivity contribution in [2.45, 2.75) is 6.04 Å². The van der Waals surface area contributed by atoms with Gasteiger partial charge >= 0.3 is 35.5 Å². The van der Waals surface area contributed by atoms with E-state index in [0.717, 1.165) is 0 Å². The minimum absolute atomic E-state index is 0. The van der Waals surface area contributed by atoms with Gasteiger partial charge < -0.3 is 15.9 Å². The number of carbonyl (C=O) groups is 1. The number of nitrogens with two attached hydrogens (primary N) is 1. The molecule has 0 radical (unpaired) electrons. The van der Waals surface area contributed by atoms with Gasteiger partial charge in [0.25, 0.3) is 0 Å². The van der Waals surface area contributed by atoms with Gasteiger partial charge in [0.15, 0.2) is 0 Å². The Hall–Kier alpha value is 0.390. The molecule has 8 heavy (non-hydrogen) atoms. The van der Waals surface area contributed by atoms with Crippen LogP contribution in [0, 0.1) is 0 Å². The van der Waals surface area contributed by atoms with E-state index in [1.165, 1.54) is 0 Å². The Bertz CT molecular complexity index is 76.9. The fourth-order valence-corrected chi connectivity index (χ4v) is 0.0781. The fraction of sp³-hybridized carbons (Fsp3) is 0.667. The van der Waals surface area contributed by atoms with Crippen LogP contribution in [0.4, 0.5) is 0 Å². The summed E-state index contributed by atoms with van der Waals surface area (Å²) in [4.78, 5) is 9.65. The molecule has 4 N–H and O–H groups in total. The summed E-state index contributed by atoms with van der Waals surface area (Å²) in [5, 5.41) is 15.9. The second-order valence-electron chi connectivity index (χ2n) is 1.13. The van der Waals surface area contributed by atoms with E-state index < -0.39 is 18.6 Å². The predicted molar refractivity (Wildman–Crippen MR) is 29.8 cm³/mol.